The molecule has 1 amide bonds. The number of pyridine rings is 1. The van der Waals surface area contributed by atoms with Gasteiger partial charge in [0.05, 0.1) is 11.1 Å². The van der Waals surface area contributed by atoms with E-state index in [0.29, 0.717) is 17.8 Å². The number of likely N-dealkylation sites (N-methyl/N-ethyl adjacent to an activating group) is 1. The highest BCUT2D eigenvalue weighted by molar-refractivity contribution is 6.13. The first-order chi connectivity index (χ1) is 14.4. The number of benzene rings is 2. The van der Waals surface area contributed by atoms with Crippen LogP contribution in [0.4, 0.5) is 14.5 Å². The van der Waals surface area contributed by atoms with Crippen molar-refractivity contribution in [3.05, 3.63) is 59.3 Å². The van der Waals surface area contributed by atoms with Crippen LogP contribution in [0.15, 0.2) is 42.5 Å². The van der Waals surface area contributed by atoms with E-state index in [0.717, 1.165) is 41.7 Å². The summed E-state index contributed by atoms with van der Waals surface area (Å²) >= 11 is 0. The number of carbonyl (C=O) groups is 1. The zero-order chi connectivity index (χ0) is 20.9. The van der Waals surface area contributed by atoms with Gasteiger partial charge >= 0.3 is 6.29 Å². The quantitative estimate of drug-likeness (QED) is 0.700. The van der Waals surface area contributed by atoms with Crippen molar-refractivity contribution in [3.63, 3.8) is 0 Å². The molecule has 0 fully saturated rings. The summed E-state index contributed by atoms with van der Waals surface area (Å²) in [6, 6.07) is 11.7. The Bertz CT molecular complexity index is 1170. The second-order valence-corrected chi connectivity index (χ2v) is 7.33. The maximum Gasteiger partial charge on any atom is 0.586 e. The van der Waals surface area contributed by atoms with Crippen LogP contribution < -0.4 is 14.8 Å². The molecule has 30 heavy (non-hydrogen) atoms. The number of amides is 1. The Morgan fingerprint density at radius 1 is 1.20 bits per heavy atom. The molecule has 0 saturated heterocycles. The van der Waals surface area contributed by atoms with Gasteiger partial charge in [-0.25, -0.2) is 0 Å². The average molecular weight is 411 g/mol. The van der Waals surface area contributed by atoms with Crippen LogP contribution >= 0.6 is 0 Å². The van der Waals surface area contributed by atoms with Gasteiger partial charge in [-0.2, -0.15) is 0 Å². The minimum Gasteiger partial charge on any atom is -0.395 e. The predicted molar refractivity (Wildman–Crippen MR) is 107 cm³/mol. The van der Waals surface area contributed by atoms with Crippen molar-refractivity contribution in [1.29, 1.82) is 0 Å². The number of aromatic nitrogens is 1. The number of carbonyl (C=O) groups excluding carboxylic acids is 1. The van der Waals surface area contributed by atoms with Crippen LogP contribution in [0.2, 0.25) is 0 Å². The lowest BCUT2D eigenvalue weighted by Crippen LogP contribution is -2.33. The van der Waals surface area contributed by atoms with Gasteiger partial charge in [-0.05, 0) is 24.7 Å². The lowest BCUT2D eigenvalue weighted by molar-refractivity contribution is -0.286. The number of nitrogens with zero attached hydrogens (tertiary/aromatic N) is 2. The van der Waals surface area contributed by atoms with Crippen LogP contribution in [-0.2, 0) is 13.0 Å². The molecule has 154 valence electrons. The molecule has 8 heteroatoms. The highest BCUT2D eigenvalue weighted by Gasteiger charge is 2.43. The van der Waals surface area contributed by atoms with Gasteiger partial charge in [0.2, 0.25) is 0 Å². The van der Waals surface area contributed by atoms with Gasteiger partial charge in [0.15, 0.2) is 11.5 Å². The Labute approximate surface area is 171 Å². The highest BCUT2D eigenvalue weighted by atomic mass is 19.3. The summed E-state index contributed by atoms with van der Waals surface area (Å²) in [6.07, 6.45) is -2.93. The summed E-state index contributed by atoms with van der Waals surface area (Å²) in [5.41, 5.74) is 3.51. The van der Waals surface area contributed by atoms with Gasteiger partial charge in [-0.15, -0.1) is 8.78 Å². The third kappa shape index (κ3) is 3.23. The third-order valence-electron chi connectivity index (χ3n) is 5.46. The Kier molecular flexibility index (Phi) is 4.32. The average Bonchev–Trinajstić information content (AvgIpc) is 3.04. The van der Waals surface area contributed by atoms with Gasteiger partial charge in [0.25, 0.3) is 5.91 Å². The largest absolute Gasteiger partial charge is 0.586 e. The summed E-state index contributed by atoms with van der Waals surface area (Å²) in [5, 5.41) is 3.59. The van der Waals surface area contributed by atoms with E-state index in [1.54, 1.807) is 0 Å². The van der Waals surface area contributed by atoms with Gasteiger partial charge in [-0.1, -0.05) is 25.1 Å². The van der Waals surface area contributed by atoms with E-state index < -0.39 is 6.29 Å². The van der Waals surface area contributed by atoms with Crippen molar-refractivity contribution in [2.45, 2.75) is 26.2 Å². The van der Waals surface area contributed by atoms with Crippen molar-refractivity contribution < 1.29 is 23.0 Å². The number of alkyl halides is 2. The first kappa shape index (κ1) is 18.7. The Morgan fingerprint density at radius 2 is 2.00 bits per heavy atom. The Hall–Kier alpha value is -3.26. The van der Waals surface area contributed by atoms with Gasteiger partial charge < -0.3 is 14.8 Å². The van der Waals surface area contributed by atoms with Crippen LogP contribution in [0.1, 0.15) is 28.5 Å². The fourth-order valence-corrected chi connectivity index (χ4v) is 4.00. The summed E-state index contributed by atoms with van der Waals surface area (Å²) in [6.45, 7) is 4.50. The number of anilines is 1. The second-order valence-electron chi connectivity index (χ2n) is 7.33. The molecule has 6 nitrogen and oxygen atoms in total. The molecule has 0 atom stereocenters. The number of nitrogens with one attached hydrogen (secondary N) is 1. The molecule has 5 rings (SSSR count). The van der Waals surface area contributed by atoms with Crippen molar-refractivity contribution in [2.24, 2.45) is 0 Å². The summed E-state index contributed by atoms with van der Waals surface area (Å²) < 4.78 is 35.5. The Morgan fingerprint density at radius 3 is 2.83 bits per heavy atom. The molecular weight excluding hydrogens is 392 g/mol. The number of hydrogen-bond donors (Lipinski definition) is 1. The van der Waals surface area contributed by atoms with Crippen LogP contribution in [0.25, 0.3) is 10.9 Å². The molecule has 0 aliphatic carbocycles. The molecule has 0 bridgehead atoms. The smallest absolute Gasteiger partial charge is 0.395 e. The monoisotopic (exact) mass is 411 g/mol. The van der Waals surface area contributed by atoms with Crippen molar-refractivity contribution in [2.75, 3.05) is 18.4 Å². The molecule has 3 heterocycles. The molecule has 1 aromatic heterocycles. The maximum atomic E-state index is 13.3. The first-order valence-electron chi connectivity index (χ1n) is 9.77. The van der Waals surface area contributed by atoms with E-state index in [4.69, 9.17) is 4.98 Å². The number of halogens is 2. The number of hydrogen-bond acceptors (Lipinski definition) is 5. The zero-order valence-electron chi connectivity index (χ0n) is 16.2. The number of ether oxygens (including phenoxy) is 2. The summed E-state index contributed by atoms with van der Waals surface area (Å²) in [7, 11) is 0. The van der Waals surface area contributed by atoms with Crippen molar-refractivity contribution >= 4 is 22.5 Å². The minimum atomic E-state index is -3.70. The third-order valence-corrected chi connectivity index (χ3v) is 5.46. The SMILES string of the molecule is CCN1CCc2nc3ccccc3c(C(=O)Nc3ccc4c(c3)OC(F)(F)O4)c2C1. The zero-order valence-corrected chi connectivity index (χ0v) is 16.2. The van der Waals surface area contributed by atoms with Crippen molar-refractivity contribution in [1.82, 2.24) is 9.88 Å². The topological polar surface area (TPSA) is 63.7 Å². The molecule has 2 aromatic carbocycles. The van der Waals surface area contributed by atoms with Crippen molar-refractivity contribution in [3.8, 4) is 11.5 Å². The lowest BCUT2D eigenvalue weighted by atomic mass is 9.95. The van der Waals surface area contributed by atoms with E-state index in [1.165, 1.54) is 18.2 Å². The first-order valence-corrected chi connectivity index (χ1v) is 9.77. The van der Waals surface area contributed by atoms with E-state index >= 15 is 0 Å². The summed E-state index contributed by atoms with van der Waals surface area (Å²) in [4.78, 5) is 20.4. The van der Waals surface area contributed by atoms with Crippen LogP contribution in [0.5, 0.6) is 11.5 Å². The molecule has 0 unspecified atom stereocenters. The minimum absolute atomic E-state index is 0.0664. The highest BCUT2D eigenvalue weighted by Crippen LogP contribution is 2.42. The van der Waals surface area contributed by atoms with Gasteiger partial charge in [-0.3, -0.25) is 14.7 Å². The number of rotatable bonds is 3. The summed E-state index contributed by atoms with van der Waals surface area (Å²) in [5.74, 6) is -0.492. The Balaban J connectivity index is 1.54. The van der Waals surface area contributed by atoms with E-state index in [-0.39, 0.29) is 17.4 Å². The van der Waals surface area contributed by atoms with E-state index in [2.05, 4.69) is 26.6 Å². The second kappa shape index (κ2) is 6.91. The molecule has 0 radical (unpaired) electrons. The molecule has 2 aliphatic rings. The lowest BCUT2D eigenvalue weighted by Gasteiger charge is -2.29. The van der Waals surface area contributed by atoms with E-state index in [1.807, 2.05) is 24.3 Å². The maximum absolute atomic E-state index is 13.3. The molecule has 0 spiro atoms. The van der Waals surface area contributed by atoms with Gasteiger partial charge in [0, 0.05) is 47.9 Å². The van der Waals surface area contributed by atoms with Crippen LogP contribution in [0.3, 0.4) is 0 Å². The number of para-hydroxylation sites is 1. The molecule has 0 saturated carbocycles. The molecular formula is C22H19F2N3O3. The van der Waals surface area contributed by atoms with Crippen LogP contribution in [0, 0.1) is 0 Å². The molecule has 1 N–H and O–H groups in total. The normalized spacial score (nSPS) is 17.0. The van der Waals surface area contributed by atoms with Crippen LogP contribution in [-0.4, -0.2) is 35.2 Å². The fourth-order valence-electron chi connectivity index (χ4n) is 4.00. The van der Waals surface area contributed by atoms with Gasteiger partial charge in [0.1, 0.15) is 0 Å². The standard InChI is InChI=1S/C22H19F2N3O3/c1-2-27-10-9-17-15(12-27)20(14-5-3-4-6-16(14)26-17)21(28)25-13-7-8-18-19(11-13)30-22(23,24)29-18/h3-8,11H,2,9-10,12H2,1H3,(H,25,28). The van der Waals surface area contributed by atoms with E-state index in [9.17, 15) is 13.6 Å². The fraction of sp³-hybridized carbons (Fsp3) is 0.273. The molecule has 3 aromatic rings. The molecule has 2 aliphatic heterocycles. The predicted octanol–water partition coefficient (Wildman–Crippen LogP) is 4.19. The number of fused-ring (bicyclic) bond motifs is 3.